The largest absolute Gasteiger partial charge is 0.416 e. The molecule has 2 aromatic rings. The topological polar surface area (TPSA) is 12.0 Å². The van der Waals surface area contributed by atoms with Crippen molar-refractivity contribution in [3.05, 3.63) is 63.6 Å². The molecule has 0 aliphatic carbocycles. The molecule has 112 valence electrons. The number of rotatable bonds is 3. The van der Waals surface area contributed by atoms with E-state index in [0.29, 0.717) is 10.5 Å². The van der Waals surface area contributed by atoms with Crippen molar-refractivity contribution in [1.29, 1.82) is 0 Å². The fourth-order valence-electron chi connectivity index (χ4n) is 1.75. The van der Waals surface area contributed by atoms with Crippen LogP contribution in [-0.2, 0) is 12.7 Å². The van der Waals surface area contributed by atoms with Gasteiger partial charge < -0.3 is 5.32 Å². The van der Waals surface area contributed by atoms with Crippen LogP contribution in [0.2, 0.25) is 0 Å². The van der Waals surface area contributed by atoms with Crippen LogP contribution in [-0.4, -0.2) is 0 Å². The third kappa shape index (κ3) is 4.17. The zero-order valence-corrected chi connectivity index (χ0v) is 12.0. The molecule has 0 fully saturated rings. The molecule has 0 atom stereocenters. The first-order chi connectivity index (χ1) is 9.75. The van der Waals surface area contributed by atoms with Gasteiger partial charge in [0.25, 0.3) is 0 Å². The maximum absolute atomic E-state index is 13.5. The molecule has 0 saturated heterocycles. The number of halogens is 6. The Morgan fingerprint density at radius 1 is 1.00 bits per heavy atom. The summed E-state index contributed by atoms with van der Waals surface area (Å²) in [4.78, 5) is 0. The zero-order chi connectivity index (χ0) is 15.6. The van der Waals surface area contributed by atoms with Crippen molar-refractivity contribution in [3.8, 4) is 0 Å². The van der Waals surface area contributed by atoms with Crippen LogP contribution in [0.1, 0.15) is 11.1 Å². The Morgan fingerprint density at radius 2 is 1.71 bits per heavy atom. The van der Waals surface area contributed by atoms with Crippen molar-refractivity contribution in [1.82, 2.24) is 0 Å². The van der Waals surface area contributed by atoms with E-state index in [2.05, 4.69) is 21.2 Å². The molecule has 0 saturated carbocycles. The summed E-state index contributed by atoms with van der Waals surface area (Å²) in [6.45, 7) is -0.131. The summed E-state index contributed by atoms with van der Waals surface area (Å²) >= 11 is 3.16. The molecule has 1 N–H and O–H groups in total. The van der Waals surface area contributed by atoms with E-state index in [1.807, 2.05) is 0 Å². The molecule has 2 aromatic carbocycles. The van der Waals surface area contributed by atoms with E-state index in [1.54, 1.807) is 0 Å². The number of alkyl halides is 3. The summed E-state index contributed by atoms with van der Waals surface area (Å²) in [6, 6.07) is 6.36. The molecule has 0 aliphatic heterocycles. The zero-order valence-electron chi connectivity index (χ0n) is 10.4. The summed E-state index contributed by atoms with van der Waals surface area (Å²) in [5, 5.41) is 2.64. The lowest BCUT2D eigenvalue weighted by Crippen LogP contribution is -2.08. The van der Waals surface area contributed by atoms with Gasteiger partial charge in [-0.05, 0) is 42.0 Å². The van der Waals surface area contributed by atoms with E-state index < -0.39 is 23.4 Å². The lowest BCUT2D eigenvalue weighted by Gasteiger charge is -2.11. The van der Waals surface area contributed by atoms with E-state index >= 15 is 0 Å². The molecule has 21 heavy (non-hydrogen) atoms. The van der Waals surface area contributed by atoms with Crippen LogP contribution in [0.25, 0.3) is 0 Å². The molecular weight excluding hydrogens is 357 g/mol. The Balaban J connectivity index is 2.20. The summed E-state index contributed by atoms with van der Waals surface area (Å²) < 4.78 is 65.0. The average Bonchev–Trinajstić information content (AvgIpc) is 2.38. The smallest absolute Gasteiger partial charge is 0.379 e. The molecule has 0 radical (unpaired) electrons. The number of benzene rings is 2. The number of hydrogen-bond donors (Lipinski definition) is 1. The van der Waals surface area contributed by atoms with Crippen LogP contribution >= 0.6 is 15.9 Å². The highest BCUT2D eigenvalue weighted by Gasteiger charge is 2.31. The normalized spacial score (nSPS) is 11.5. The molecule has 0 spiro atoms. The molecule has 0 amide bonds. The minimum absolute atomic E-state index is 0.0710. The van der Waals surface area contributed by atoms with Crippen LogP contribution < -0.4 is 5.32 Å². The van der Waals surface area contributed by atoms with Gasteiger partial charge in [0.15, 0.2) is 0 Å². The van der Waals surface area contributed by atoms with Crippen molar-refractivity contribution in [3.63, 3.8) is 0 Å². The molecule has 0 heterocycles. The molecule has 0 bridgehead atoms. The quantitative estimate of drug-likeness (QED) is 0.722. The third-order valence-corrected chi connectivity index (χ3v) is 3.19. The van der Waals surface area contributed by atoms with E-state index in [4.69, 9.17) is 0 Å². The van der Waals surface area contributed by atoms with Gasteiger partial charge in [-0.2, -0.15) is 13.2 Å². The lowest BCUT2D eigenvalue weighted by molar-refractivity contribution is -0.137. The fraction of sp³-hybridized carbons (Fsp3) is 0.143. The highest BCUT2D eigenvalue weighted by atomic mass is 79.9. The molecule has 7 heteroatoms. The minimum atomic E-state index is -4.63. The van der Waals surface area contributed by atoms with E-state index in [0.717, 1.165) is 12.1 Å². The fourth-order valence-corrected chi connectivity index (χ4v) is 2.11. The SMILES string of the molecule is Fc1cc(CNc2cc(Br)ccc2F)cc(C(F)(F)F)c1. The highest BCUT2D eigenvalue weighted by Crippen LogP contribution is 2.30. The summed E-state index contributed by atoms with van der Waals surface area (Å²) in [6.07, 6.45) is -4.63. The Kier molecular flexibility index (Phi) is 4.51. The van der Waals surface area contributed by atoms with Gasteiger partial charge in [-0.3, -0.25) is 0 Å². The van der Waals surface area contributed by atoms with E-state index in [-0.39, 0.29) is 17.8 Å². The first kappa shape index (κ1) is 15.8. The Labute approximate surface area is 125 Å². The molecule has 0 aromatic heterocycles. The Bertz CT molecular complexity index is 654. The summed E-state index contributed by atoms with van der Waals surface area (Å²) in [7, 11) is 0. The third-order valence-electron chi connectivity index (χ3n) is 2.70. The maximum atomic E-state index is 13.5. The molecule has 2 rings (SSSR count). The second-order valence-corrected chi connectivity index (χ2v) is 5.24. The van der Waals surface area contributed by atoms with Crippen molar-refractivity contribution in [2.24, 2.45) is 0 Å². The van der Waals surface area contributed by atoms with Crippen molar-refractivity contribution < 1.29 is 22.0 Å². The Hall–Kier alpha value is -1.63. The van der Waals surface area contributed by atoms with Crippen molar-refractivity contribution >= 4 is 21.6 Å². The molecule has 0 unspecified atom stereocenters. The van der Waals surface area contributed by atoms with Crippen molar-refractivity contribution in [2.45, 2.75) is 12.7 Å². The number of hydrogen-bond acceptors (Lipinski definition) is 1. The predicted molar refractivity (Wildman–Crippen MR) is 72.8 cm³/mol. The minimum Gasteiger partial charge on any atom is -0.379 e. The van der Waals surface area contributed by atoms with Gasteiger partial charge in [-0.25, -0.2) is 8.78 Å². The predicted octanol–water partition coefficient (Wildman–Crippen LogP) is 5.36. The van der Waals surface area contributed by atoms with Gasteiger partial charge >= 0.3 is 6.18 Å². The van der Waals surface area contributed by atoms with Crippen LogP contribution in [0.3, 0.4) is 0 Å². The number of anilines is 1. The first-order valence-electron chi connectivity index (χ1n) is 5.81. The van der Waals surface area contributed by atoms with E-state index in [9.17, 15) is 22.0 Å². The molecular formula is C14H9BrF5N. The Morgan fingerprint density at radius 3 is 2.38 bits per heavy atom. The van der Waals surface area contributed by atoms with Crippen LogP contribution in [0.4, 0.5) is 27.6 Å². The molecule has 0 aliphatic rings. The van der Waals surface area contributed by atoms with Gasteiger partial charge in [-0.1, -0.05) is 15.9 Å². The lowest BCUT2D eigenvalue weighted by atomic mass is 10.1. The van der Waals surface area contributed by atoms with Gasteiger partial charge in [0, 0.05) is 11.0 Å². The second-order valence-electron chi connectivity index (χ2n) is 4.32. The van der Waals surface area contributed by atoms with Crippen molar-refractivity contribution in [2.75, 3.05) is 5.32 Å². The standard InChI is InChI=1S/C14H9BrF5N/c15-10-1-2-12(17)13(6-10)21-7-8-3-9(14(18,19)20)5-11(16)4-8/h1-6,21H,7H2. The van der Waals surface area contributed by atoms with Gasteiger partial charge in [0.1, 0.15) is 11.6 Å². The number of nitrogens with one attached hydrogen (secondary N) is 1. The van der Waals surface area contributed by atoms with Crippen LogP contribution in [0.15, 0.2) is 40.9 Å². The monoisotopic (exact) mass is 365 g/mol. The van der Waals surface area contributed by atoms with Gasteiger partial charge in [-0.15, -0.1) is 0 Å². The first-order valence-corrected chi connectivity index (χ1v) is 6.60. The average molecular weight is 366 g/mol. The molecule has 1 nitrogen and oxygen atoms in total. The second kappa shape index (κ2) is 6.01. The van der Waals surface area contributed by atoms with Gasteiger partial charge in [0.2, 0.25) is 0 Å². The van der Waals surface area contributed by atoms with E-state index in [1.165, 1.54) is 18.2 Å². The summed E-state index contributed by atoms with van der Waals surface area (Å²) in [5.41, 5.74) is -0.891. The maximum Gasteiger partial charge on any atom is 0.416 e. The summed E-state index contributed by atoms with van der Waals surface area (Å²) in [5.74, 6) is -1.54. The van der Waals surface area contributed by atoms with Crippen LogP contribution in [0.5, 0.6) is 0 Å². The van der Waals surface area contributed by atoms with Gasteiger partial charge in [0.05, 0.1) is 11.3 Å². The highest BCUT2D eigenvalue weighted by molar-refractivity contribution is 9.10. The van der Waals surface area contributed by atoms with Crippen LogP contribution in [0, 0.1) is 11.6 Å².